The average Bonchev–Trinajstić information content (AvgIpc) is 2.24. The molecule has 2 nitrogen and oxygen atoms in total. The van der Waals surface area contributed by atoms with E-state index in [2.05, 4.69) is 0 Å². The lowest BCUT2D eigenvalue weighted by Crippen LogP contribution is -2.23. The van der Waals surface area contributed by atoms with Gasteiger partial charge in [0, 0.05) is 11.1 Å². The van der Waals surface area contributed by atoms with Crippen LogP contribution in [0.1, 0.15) is 73.4 Å². The summed E-state index contributed by atoms with van der Waals surface area (Å²) in [6.07, 6.45) is 0. The normalized spacial score (nSPS) is 12.4. The summed E-state index contributed by atoms with van der Waals surface area (Å²) in [7, 11) is 0. The Morgan fingerprint density at radius 2 is 1.15 bits per heavy atom. The van der Waals surface area contributed by atoms with Gasteiger partial charge in [0.05, 0.1) is 0 Å². The van der Waals surface area contributed by atoms with Crippen molar-refractivity contribution in [2.75, 3.05) is 0 Å². The molecular weight excluding hydrogens is 295 g/mol. The quantitative estimate of drug-likeness (QED) is 0.717. The minimum absolute atomic E-state index is 0.317. The highest BCUT2D eigenvalue weighted by molar-refractivity contribution is 6.69. The second-order valence-corrected chi connectivity index (χ2v) is 7.68. The molecule has 0 saturated heterocycles. The van der Waals surface area contributed by atoms with Crippen LogP contribution < -0.4 is 0 Å². The third kappa shape index (κ3) is 3.62. The molecule has 0 unspecified atom stereocenters. The summed E-state index contributed by atoms with van der Waals surface area (Å²) in [5.41, 5.74) is 1.73. The Morgan fingerprint density at radius 3 is 1.35 bits per heavy atom. The highest BCUT2D eigenvalue weighted by Gasteiger charge is 2.30. The summed E-state index contributed by atoms with van der Waals surface area (Å²) in [4.78, 5) is 23.4. The van der Waals surface area contributed by atoms with Crippen LogP contribution in [-0.4, -0.2) is 10.5 Å². The zero-order valence-corrected chi connectivity index (χ0v) is 14.2. The van der Waals surface area contributed by atoms with Gasteiger partial charge in [-0.3, -0.25) is 9.59 Å². The largest absolute Gasteiger partial charge is 0.276 e. The zero-order valence-electron chi connectivity index (χ0n) is 12.7. The van der Waals surface area contributed by atoms with Gasteiger partial charge in [0.2, 0.25) is 0 Å². The van der Waals surface area contributed by atoms with E-state index in [-0.39, 0.29) is 10.8 Å². The first-order chi connectivity index (χ1) is 8.85. The molecule has 0 heterocycles. The Kier molecular flexibility index (Phi) is 4.72. The Hall–Kier alpha value is -0.860. The molecule has 4 heteroatoms. The van der Waals surface area contributed by atoms with Crippen molar-refractivity contribution in [3.05, 3.63) is 34.4 Å². The van der Waals surface area contributed by atoms with Crippen LogP contribution in [0.15, 0.2) is 12.1 Å². The molecule has 0 aliphatic heterocycles. The molecule has 0 aromatic heterocycles. The fourth-order valence-electron chi connectivity index (χ4n) is 2.15. The summed E-state index contributed by atoms with van der Waals surface area (Å²) in [6, 6.07) is 3.33. The van der Waals surface area contributed by atoms with E-state index in [4.69, 9.17) is 23.2 Å². The molecule has 1 aromatic carbocycles. The second kappa shape index (κ2) is 5.50. The van der Waals surface area contributed by atoms with Crippen molar-refractivity contribution in [2.24, 2.45) is 0 Å². The first-order valence-electron chi connectivity index (χ1n) is 6.44. The lowest BCUT2D eigenvalue weighted by Gasteiger charge is -2.29. The molecule has 0 aliphatic carbocycles. The van der Waals surface area contributed by atoms with Gasteiger partial charge in [0.1, 0.15) is 0 Å². The topological polar surface area (TPSA) is 34.1 Å². The van der Waals surface area contributed by atoms with E-state index in [0.717, 1.165) is 11.1 Å². The van der Waals surface area contributed by atoms with E-state index in [9.17, 15) is 9.59 Å². The lowest BCUT2D eigenvalue weighted by atomic mass is 9.75. The van der Waals surface area contributed by atoms with E-state index < -0.39 is 10.5 Å². The molecule has 0 radical (unpaired) electrons. The lowest BCUT2D eigenvalue weighted by molar-refractivity contribution is 0.106. The highest BCUT2D eigenvalue weighted by Crippen LogP contribution is 2.36. The summed E-state index contributed by atoms with van der Waals surface area (Å²) in [5.74, 6) is 0. The first kappa shape index (κ1) is 17.2. The summed E-state index contributed by atoms with van der Waals surface area (Å²) in [5, 5.41) is -1.04. The van der Waals surface area contributed by atoms with E-state index in [0.29, 0.717) is 11.1 Å². The predicted molar refractivity (Wildman–Crippen MR) is 84.2 cm³/mol. The van der Waals surface area contributed by atoms with Crippen molar-refractivity contribution >= 4 is 33.7 Å². The maximum absolute atomic E-state index is 11.9. The highest BCUT2D eigenvalue weighted by atomic mass is 35.5. The number of rotatable bonds is 2. The van der Waals surface area contributed by atoms with Gasteiger partial charge in [-0.15, -0.1) is 0 Å². The Bertz CT molecular complexity index is 526. The maximum atomic E-state index is 11.9. The van der Waals surface area contributed by atoms with E-state index in [1.165, 1.54) is 0 Å². The van der Waals surface area contributed by atoms with Crippen LogP contribution in [0.3, 0.4) is 0 Å². The summed E-state index contributed by atoms with van der Waals surface area (Å²) < 4.78 is 0. The van der Waals surface area contributed by atoms with Gasteiger partial charge in [0.15, 0.2) is 0 Å². The van der Waals surface area contributed by atoms with Gasteiger partial charge < -0.3 is 0 Å². The third-order valence-corrected chi connectivity index (χ3v) is 3.59. The molecular formula is C16H20Cl2O2. The zero-order chi connectivity index (χ0) is 15.9. The second-order valence-electron chi connectivity index (χ2n) is 6.99. The summed E-state index contributed by atoms with van der Waals surface area (Å²) >= 11 is 11.4. The standard InChI is InChI=1S/C16H20Cl2O2/c1-15(2,3)10-7-9(13(17)19)8-11(16(4,5)6)12(10)14(18)20/h7-8H,1-6H3. The van der Waals surface area contributed by atoms with E-state index in [1.54, 1.807) is 12.1 Å². The third-order valence-electron chi connectivity index (χ3n) is 3.18. The number of carbonyl (C=O) groups is 2. The number of halogens is 2. The minimum Gasteiger partial charge on any atom is -0.276 e. The minimum atomic E-state index is -0.533. The smallest absolute Gasteiger partial charge is 0.252 e. The van der Waals surface area contributed by atoms with E-state index >= 15 is 0 Å². The van der Waals surface area contributed by atoms with Gasteiger partial charge in [-0.05, 0) is 57.3 Å². The molecule has 0 saturated carbocycles. The number of hydrogen-bond acceptors (Lipinski definition) is 2. The van der Waals surface area contributed by atoms with Gasteiger partial charge in [-0.1, -0.05) is 41.5 Å². The van der Waals surface area contributed by atoms with Crippen LogP contribution >= 0.6 is 23.2 Å². The molecule has 0 atom stereocenters. The van der Waals surface area contributed by atoms with Crippen LogP contribution in [0.25, 0.3) is 0 Å². The van der Waals surface area contributed by atoms with Crippen molar-refractivity contribution in [3.8, 4) is 0 Å². The van der Waals surface area contributed by atoms with E-state index in [1.807, 2.05) is 41.5 Å². The van der Waals surface area contributed by atoms with Crippen molar-refractivity contribution in [3.63, 3.8) is 0 Å². The van der Waals surface area contributed by atoms with Crippen molar-refractivity contribution in [2.45, 2.75) is 52.4 Å². The fraction of sp³-hybridized carbons (Fsp3) is 0.500. The number of benzene rings is 1. The molecule has 1 aromatic rings. The van der Waals surface area contributed by atoms with Gasteiger partial charge in [0.25, 0.3) is 10.5 Å². The number of carbonyl (C=O) groups excluding carboxylic acids is 2. The van der Waals surface area contributed by atoms with Crippen molar-refractivity contribution in [1.82, 2.24) is 0 Å². The molecule has 110 valence electrons. The molecule has 1 rings (SSSR count). The first-order valence-corrected chi connectivity index (χ1v) is 7.20. The van der Waals surface area contributed by atoms with Crippen LogP contribution in [-0.2, 0) is 10.8 Å². The summed E-state index contributed by atoms with van der Waals surface area (Å²) in [6.45, 7) is 11.8. The maximum Gasteiger partial charge on any atom is 0.252 e. The molecule has 0 amide bonds. The van der Waals surface area contributed by atoms with Gasteiger partial charge in [-0.2, -0.15) is 0 Å². The van der Waals surface area contributed by atoms with Crippen LogP contribution in [0.4, 0.5) is 0 Å². The van der Waals surface area contributed by atoms with Crippen LogP contribution in [0.2, 0.25) is 0 Å². The molecule has 20 heavy (non-hydrogen) atoms. The molecule has 0 fully saturated rings. The molecule has 0 N–H and O–H groups in total. The Labute approximate surface area is 130 Å². The molecule has 0 aliphatic rings. The van der Waals surface area contributed by atoms with Crippen molar-refractivity contribution < 1.29 is 9.59 Å². The molecule has 0 spiro atoms. The Morgan fingerprint density at radius 1 is 0.800 bits per heavy atom. The molecule has 0 bridgehead atoms. The predicted octanol–water partition coefficient (Wildman–Crippen LogP) is 5.04. The monoisotopic (exact) mass is 314 g/mol. The van der Waals surface area contributed by atoms with Crippen molar-refractivity contribution in [1.29, 1.82) is 0 Å². The van der Waals surface area contributed by atoms with Crippen LogP contribution in [0, 0.1) is 0 Å². The van der Waals surface area contributed by atoms with Gasteiger partial charge >= 0.3 is 0 Å². The average molecular weight is 315 g/mol. The SMILES string of the molecule is CC(C)(C)c1cc(C(=O)Cl)cc(C(C)(C)C)c1C(=O)Cl. The van der Waals surface area contributed by atoms with Gasteiger partial charge in [-0.25, -0.2) is 0 Å². The Balaban J connectivity index is 3.86. The fourth-order valence-corrected chi connectivity index (χ4v) is 2.46. The number of hydrogen-bond donors (Lipinski definition) is 0. The van der Waals surface area contributed by atoms with Crippen LogP contribution in [0.5, 0.6) is 0 Å².